The van der Waals surface area contributed by atoms with Gasteiger partial charge in [0.2, 0.25) is 0 Å². The summed E-state index contributed by atoms with van der Waals surface area (Å²) in [6.07, 6.45) is 1.42. The van der Waals surface area contributed by atoms with Crippen LogP contribution in [-0.4, -0.2) is 42.4 Å². The summed E-state index contributed by atoms with van der Waals surface area (Å²) in [6.45, 7) is -0.520. The number of rotatable bonds is 6. The van der Waals surface area contributed by atoms with Gasteiger partial charge in [0.25, 0.3) is 5.91 Å². The molecule has 23 heavy (non-hydrogen) atoms. The molecule has 1 saturated heterocycles. The first kappa shape index (κ1) is 15.4. The predicted molar refractivity (Wildman–Crippen MR) is 79.3 cm³/mol. The molecule has 0 radical (unpaired) electrons. The highest BCUT2D eigenvalue weighted by molar-refractivity contribution is 5.99. The van der Waals surface area contributed by atoms with Crippen LogP contribution in [0, 0.1) is 5.92 Å². The van der Waals surface area contributed by atoms with E-state index in [1.165, 1.54) is 18.3 Å². The van der Waals surface area contributed by atoms with E-state index in [1.54, 1.807) is 12.1 Å². The Morgan fingerprint density at radius 1 is 1.43 bits per heavy atom. The molecule has 1 aliphatic rings. The van der Waals surface area contributed by atoms with Crippen LogP contribution in [0.4, 0.5) is 8.78 Å². The number of H-pyrrole nitrogens is 1. The van der Waals surface area contributed by atoms with Gasteiger partial charge in [0.1, 0.15) is 5.75 Å². The number of carbonyl (C=O) groups is 1. The number of carbonyl (C=O) groups excluding carboxylic acids is 1. The van der Waals surface area contributed by atoms with E-state index in [0.717, 1.165) is 13.1 Å². The maximum Gasteiger partial charge on any atom is 0.387 e. The molecular weight excluding hydrogens is 306 g/mol. The first-order chi connectivity index (χ1) is 11.1. The monoisotopic (exact) mass is 322 g/mol. The summed E-state index contributed by atoms with van der Waals surface area (Å²) in [5, 5.41) is 12.6. The summed E-state index contributed by atoms with van der Waals surface area (Å²) in [5.74, 6) is 0.219. The van der Waals surface area contributed by atoms with Gasteiger partial charge in [-0.1, -0.05) is 12.1 Å². The van der Waals surface area contributed by atoms with Gasteiger partial charge in [-0.2, -0.15) is 13.9 Å². The molecule has 3 N–H and O–H groups in total. The minimum absolute atomic E-state index is 0.0269. The number of amides is 1. The van der Waals surface area contributed by atoms with Crippen LogP contribution >= 0.6 is 0 Å². The summed E-state index contributed by atoms with van der Waals surface area (Å²) in [6, 6.07) is 6.13. The van der Waals surface area contributed by atoms with E-state index in [9.17, 15) is 13.6 Å². The first-order valence-corrected chi connectivity index (χ1v) is 7.21. The zero-order valence-corrected chi connectivity index (χ0v) is 12.2. The number of ether oxygens (including phenoxy) is 1. The highest BCUT2D eigenvalue weighted by Crippen LogP contribution is 2.26. The van der Waals surface area contributed by atoms with Gasteiger partial charge < -0.3 is 15.4 Å². The van der Waals surface area contributed by atoms with Gasteiger partial charge in [0.15, 0.2) is 0 Å². The first-order valence-electron chi connectivity index (χ1n) is 7.21. The highest BCUT2D eigenvalue weighted by Gasteiger charge is 2.20. The predicted octanol–water partition coefficient (Wildman–Crippen LogP) is 1.63. The van der Waals surface area contributed by atoms with Crippen LogP contribution in [0.3, 0.4) is 0 Å². The van der Waals surface area contributed by atoms with Crippen molar-refractivity contribution in [2.45, 2.75) is 6.61 Å². The Morgan fingerprint density at radius 3 is 2.96 bits per heavy atom. The van der Waals surface area contributed by atoms with Crippen molar-refractivity contribution in [3.8, 4) is 17.0 Å². The van der Waals surface area contributed by atoms with Gasteiger partial charge >= 0.3 is 6.61 Å². The van der Waals surface area contributed by atoms with Crippen molar-refractivity contribution >= 4 is 5.91 Å². The molecule has 6 nitrogen and oxygen atoms in total. The Kier molecular flexibility index (Phi) is 4.52. The molecule has 3 rings (SSSR count). The third kappa shape index (κ3) is 3.65. The second-order valence-corrected chi connectivity index (χ2v) is 5.30. The van der Waals surface area contributed by atoms with Crippen LogP contribution < -0.4 is 15.4 Å². The van der Waals surface area contributed by atoms with Gasteiger partial charge in [0, 0.05) is 31.1 Å². The molecule has 1 fully saturated rings. The van der Waals surface area contributed by atoms with E-state index in [1.807, 2.05) is 0 Å². The molecule has 0 bridgehead atoms. The molecule has 1 amide bonds. The number of nitrogens with one attached hydrogen (secondary N) is 3. The molecule has 0 unspecified atom stereocenters. The largest absolute Gasteiger partial charge is 0.435 e. The Labute approximate surface area is 131 Å². The Hall–Kier alpha value is -2.48. The van der Waals surface area contributed by atoms with Gasteiger partial charge in [-0.15, -0.1) is 0 Å². The summed E-state index contributed by atoms with van der Waals surface area (Å²) in [4.78, 5) is 12.3. The molecule has 8 heteroatoms. The quantitative estimate of drug-likeness (QED) is 0.755. The average molecular weight is 322 g/mol. The van der Waals surface area contributed by atoms with Crippen molar-refractivity contribution in [1.82, 2.24) is 20.8 Å². The smallest absolute Gasteiger partial charge is 0.387 e. The molecule has 2 aromatic rings. The fraction of sp³-hybridized carbons (Fsp3) is 0.333. The molecule has 0 spiro atoms. The lowest BCUT2D eigenvalue weighted by Gasteiger charge is -2.27. The molecule has 122 valence electrons. The van der Waals surface area contributed by atoms with E-state index >= 15 is 0 Å². The minimum atomic E-state index is -2.90. The maximum absolute atomic E-state index is 12.3. The maximum atomic E-state index is 12.3. The van der Waals surface area contributed by atoms with Crippen LogP contribution in [0.25, 0.3) is 11.3 Å². The van der Waals surface area contributed by atoms with Crippen LogP contribution in [0.2, 0.25) is 0 Å². The third-order valence-electron chi connectivity index (χ3n) is 3.65. The van der Waals surface area contributed by atoms with Gasteiger partial charge in [-0.05, 0) is 12.1 Å². The second-order valence-electron chi connectivity index (χ2n) is 5.30. The molecule has 2 heterocycles. The minimum Gasteiger partial charge on any atom is -0.435 e. The van der Waals surface area contributed by atoms with Gasteiger partial charge in [-0.25, -0.2) is 0 Å². The Morgan fingerprint density at radius 2 is 2.26 bits per heavy atom. The van der Waals surface area contributed by atoms with E-state index in [-0.39, 0.29) is 11.7 Å². The molecule has 0 aliphatic carbocycles. The zero-order chi connectivity index (χ0) is 16.2. The van der Waals surface area contributed by atoms with Crippen molar-refractivity contribution in [3.05, 3.63) is 36.0 Å². The molecule has 1 aromatic heterocycles. The van der Waals surface area contributed by atoms with E-state index < -0.39 is 6.61 Å². The van der Waals surface area contributed by atoms with Crippen molar-refractivity contribution in [2.75, 3.05) is 19.6 Å². The number of hydrogen-bond acceptors (Lipinski definition) is 4. The summed E-state index contributed by atoms with van der Waals surface area (Å²) in [7, 11) is 0. The standard InChI is InChI=1S/C15H16F2N4O2/c16-15(17)23-11-3-1-2-10(4-11)13-12(8-20-21-13)14(22)19-7-9-5-18-6-9/h1-4,8-9,15,18H,5-7H2,(H,19,22)(H,20,21). The molecule has 1 aliphatic heterocycles. The third-order valence-corrected chi connectivity index (χ3v) is 3.65. The second kappa shape index (κ2) is 6.74. The van der Waals surface area contributed by atoms with Crippen molar-refractivity contribution < 1.29 is 18.3 Å². The Balaban J connectivity index is 1.75. The average Bonchev–Trinajstić information content (AvgIpc) is 2.94. The number of hydrogen-bond donors (Lipinski definition) is 3. The van der Waals surface area contributed by atoms with Crippen LogP contribution in [0.15, 0.2) is 30.5 Å². The Bertz CT molecular complexity index is 686. The number of halogens is 2. The highest BCUT2D eigenvalue weighted by atomic mass is 19.3. The lowest BCUT2D eigenvalue weighted by Crippen LogP contribution is -2.48. The summed E-state index contributed by atoms with van der Waals surface area (Å²) >= 11 is 0. The number of nitrogens with zero attached hydrogens (tertiary/aromatic N) is 1. The molecule has 0 saturated carbocycles. The van der Waals surface area contributed by atoms with Gasteiger partial charge in [0.05, 0.1) is 17.5 Å². The summed E-state index contributed by atoms with van der Waals surface area (Å²) in [5.41, 5.74) is 1.39. The van der Waals surface area contributed by atoms with Crippen molar-refractivity contribution in [1.29, 1.82) is 0 Å². The van der Waals surface area contributed by atoms with Crippen LogP contribution in [0.1, 0.15) is 10.4 Å². The number of alkyl halides is 2. The van der Waals surface area contributed by atoms with Gasteiger partial charge in [-0.3, -0.25) is 9.89 Å². The number of aromatic amines is 1. The topological polar surface area (TPSA) is 79.0 Å². The van der Waals surface area contributed by atoms with Crippen molar-refractivity contribution in [2.24, 2.45) is 5.92 Å². The molecular formula is C15H16F2N4O2. The number of benzene rings is 1. The van der Waals surface area contributed by atoms with E-state index in [0.29, 0.717) is 29.3 Å². The lowest BCUT2D eigenvalue weighted by molar-refractivity contribution is -0.0498. The van der Waals surface area contributed by atoms with Crippen LogP contribution in [-0.2, 0) is 0 Å². The molecule has 0 atom stereocenters. The lowest BCUT2D eigenvalue weighted by atomic mass is 10.0. The van der Waals surface area contributed by atoms with E-state index in [2.05, 4.69) is 25.6 Å². The van der Waals surface area contributed by atoms with Crippen molar-refractivity contribution in [3.63, 3.8) is 0 Å². The fourth-order valence-corrected chi connectivity index (χ4v) is 2.33. The SMILES string of the molecule is O=C(NCC1CNC1)c1cn[nH]c1-c1cccc(OC(F)F)c1. The number of aromatic nitrogens is 2. The van der Waals surface area contributed by atoms with Crippen LogP contribution in [0.5, 0.6) is 5.75 Å². The normalized spacial score (nSPS) is 14.6. The fourth-order valence-electron chi connectivity index (χ4n) is 2.33. The zero-order valence-electron chi connectivity index (χ0n) is 12.2. The summed E-state index contributed by atoms with van der Waals surface area (Å²) < 4.78 is 29.0. The molecule has 1 aromatic carbocycles. The van der Waals surface area contributed by atoms with E-state index in [4.69, 9.17) is 0 Å².